The molecule has 0 bridgehead atoms. The predicted octanol–water partition coefficient (Wildman–Crippen LogP) is 2.17. The number of carbonyl (C=O) groups is 1. The molecule has 0 spiro atoms. The first-order valence-corrected chi connectivity index (χ1v) is 4.65. The van der Waals surface area contributed by atoms with Crippen LogP contribution in [0.15, 0.2) is 0 Å². The Balaban J connectivity index is 2.64. The van der Waals surface area contributed by atoms with Crippen molar-refractivity contribution in [2.24, 2.45) is 5.92 Å². The SMILES string of the molecule is CCOC(=O)C1C(C)(Cl)C1(C)Cl. The van der Waals surface area contributed by atoms with E-state index in [1.807, 2.05) is 0 Å². The summed E-state index contributed by atoms with van der Waals surface area (Å²) in [4.78, 5) is 9.94. The molecule has 0 saturated heterocycles. The monoisotopic (exact) mass is 210 g/mol. The molecule has 0 aromatic carbocycles. The van der Waals surface area contributed by atoms with Crippen molar-refractivity contribution < 1.29 is 9.53 Å². The van der Waals surface area contributed by atoms with E-state index in [9.17, 15) is 4.79 Å². The Kier molecular flexibility index (Phi) is 2.34. The Morgan fingerprint density at radius 3 is 2.08 bits per heavy atom. The smallest absolute Gasteiger partial charge is 0.312 e. The van der Waals surface area contributed by atoms with E-state index in [1.165, 1.54) is 0 Å². The molecule has 0 aromatic heterocycles. The highest BCUT2D eigenvalue weighted by Gasteiger charge is 2.74. The zero-order chi connectivity index (χ0) is 9.57. The first kappa shape index (κ1) is 10.1. The van der Waals surface area contributed by atoms with Crippen molar-refractivity contribution in [2.75, 3.05) is 6.61 Å². The second-order valence-corrected chi connectivity index (χ2v) is 4.91. The highest BCUT2D eigenvalue weighted by atomic mass is 35.5. The highest BCUT2D eigenvalue weighted by molar-refractivity contribution is 6.42. The van der Waals surface area contributed by atoms with Crippen molar-refractivity contribution >= 4 is 29.2 Å². The Morgan fingerprint density at radius 2 is 1.83 bits per heavy atom. The highest BCUT2D eigenvalue weighted by Crippen LogP contribution is 2.63. The Morgan fingerprint density at radius 1 is 1.42 bits per heavy atom. The third-order valence-electron chi connectivity index (χ3n) is 2.48. The van der Waals surface area contributed by atoms with E-state index in [0.29, 0.717) is 6.61 Å². The standard InChI is InChI=1S/C8H12Cl2O2/c1-4-12-6(11)5-7(2,9)8(5,3)10/h5H,4H2,1-3H3. The lowest BCUT2D eigenvalue weighted by Gasteiger charge is -1.99. The van der Waals surface area contributed by atoms with Crippen LogP contribution in [0.1, 0.15) is 20.8 Å². The molecule has 0 aromatic rings. The summed E-state index contributed by atoms with van der Waals surface area (Å²) in [5, 5.41) is 0. The van der Waals surface area contributed by atoms with Crippen LogP contribution in [0, 0.1) is 5.92 Å². The molecule has 12 heavy (non-hydrogen) atoms. The largest absolute Gasteiger partial charge is 0.466 e. The Hall–Kier alpha value is 0.0500. The van der Waals surface area contributed by atoms with E-state index >= 15 is 0 Å². The van der Waals surface area contributed by atoms with Gasteiger partial charge in [0.2, 0.25) is 0 Å². The summed E-state index contributed by atoms with van der Waals surface area (Å²) in [5.74, 6) is -0.680. The van der Waals surface area contributed by atoms with Crippen LogP contribution < -0.4 is 0 Å². The summed E-state index contributed by atoms with van der Waals surface area (Å²) in [6.07, 6.45) is 0. The fourth-order valence-corrected chi connectivity index (χ4v) is 2.16. The van der Waals surface area contributed by atoms with Crippen molar-refractivity contribution in [2.45, 2.75) is 30.5 Å². The van der Waals surface area contributed by atoms with E-state index in [2.05, 4.69) is 0 Å². The molecule has 1 aliphatic carbocycles. The molecular formula is C8H12Cl2O2. The molecule has 70 valence electrons. The van der Waals surface area contributed by atoms with E-state index in [-0.39, 0.29) is 11.9 Å². The van der Waals surface area contributed by atoms with Gasteiger partial charge in [-0.1, -0.05) is 0 Å². The third-order valence-corrected chi connectivity index (χ3v) is 3.80. The Bertz CT molecular complexity index is 197. The summed E-state index contributed by atoms with van der Waals surface area (Å²) < 4.78 is 4.83. The van der Waals surface area contributed by atoms with Gasteiger partial charge in [0.05, 0.1) is 22.3 Å². The maximum Gasteiger partial charge on any atom is 0.312 e. The molecule has 0 radical (unpaired) electrons. The zero-order valence-corrected chi connectivity index (χ0v) is 8.87. The molecule has 2 nitrogen and oxygen atoms in total. The van der Waals surface area contributed by atoms with Crippen molar-refractivity contribution in [1.82, 2.24) is 0 Å². The van der Waals surface area contributed by atoms with E-state index < -0.39 is 9.75 Å². The minimum Gasteiger partial charge on any atom is -0.466 e. The van der Waals surface area contributed by atoms with Crippen LogP contribution in [0.25, 0.3) is 0 Å². The molecular weight excluding hydrogens is 199 g/mol. The van der Waals surface area contributed by atoms with Crippen LogP contribution in [-0.4, -0.2) is 22.3 Å². The minimum absolute atomic E-state index is 0.299. The number of esters is 1. The van der Waals surface area contributed by atoms with Crippen molar-refractivity contribution in [3.05, 3.63) is 0 Å². The quantitative estimate of drug-likeness (QED) is 0.516. The van der Waals surface area contributed by atoms with Crippen LogP contribution >= 0.6 is 23.2 Å². The number of alkyl halides is 2. The molecule has 4 heteroatoms. The van der Waals surface area contributed by atoms with Crippen molar-refractivity contribution in [1.29, 1.82) is 0 Å². The lowest BCUT2D eigenvalue weighted by Crippen LogP contribution is -2.12. The van der Waals surface area contributed by atoms with E-state index in [1.54, 1.807) is 20.8 Å². The van der Waals surface area contributed by atoms with Crippen LogP contribution in [0.5, 0.6) is 0 Å². The number of rotatable bonds is 2. The molecule has 1 rings (SSSR count). The van der Waals surface area contributed by atoms with E-state index in [4.69, 9.17) is 27.9 Å². The molecule has 0 amide bonds. The lowest BCUT2D eigenvalue weighted by molar-refractivity contribution is -0.145. The molecule has 1 aliphatic rings. The summed E-state index contributed by atoms with van der Waals surface area (Å²) in [6, 6.07) is 0. The minimum atomic E-state index is -0.652. The summed E-state index contributed by atoms with van der Waals surface area (Å²) in [6.45, 7) is 5.64. The first-order chi connectivity index (χ1) is 5.35. The molecule has 0 aliphatic heterocycles. The zero-order valence-electron chi connectivity index (χ0n) is 7.36. The molecule has 1 saturated carbocycles. The van der Waals surface area contributed by atoms with Gasteiger partial charge in [0.1, 0.15) is 0 Å². The van der Waals surface area contributed by atoms with Gasteiger partial charge in [0.15, 0.2) is 0 Å². The van der Waals surface area contributed by atoms with Gasteiger partial charge in [-0.15, -0.1) is 23.2 Å². The molecule has 0 N–H and O–H groups in total. The summed E-state index contributed by atoms with van der Waals surface area (Å²) in [5.41, 5.74) is 0. The van der Waals surface area contributed by atoms with Crippen molar-refractivity contribution in [3.8, 4) is 0 Å². The number of ether oxygens (including phenoxy) is 1. The summed E-state index contributed by atoms with van der Waals surface area (Å²) >= 11 is 12.0. The van der Waals surface area contributed by atoms with Crippen LogP contribution in [0.2, 0.25) is 0 Å². The first-order valence-electron chi connectivity index (χ1n) is 3.90. The Labute approximate surface area is 82.2 Å². The van der Waals surface area contributed by atoms with Crippen molar-refractivity contribution in [3.63, 3.8) is 0 Å². The second kappa shape index (κ2) is 2.78. The van der Waals surface area contributed by atoms with Gasteiger partial charge in [-0.2, -0.15) is 0 Å². The number of carbonyl (C=O) groups excluding carboxylic acids is 1. The predicted molar refractivity (Wildman–Crippen MR) is 48.6 cm³/mol. The maximum atomic E-state index is 11.2. The lowest BCUT2D eigenvalue weighted by atomic mass is 10.3. The molecule has 0 heterocycles. The number of halogens is 2. The topological polar surface area (TPSA) is 26.3 Å². The average Bonchev–Trinajstić information content (AvgIpc) is 2.24. The van der Waals surface area contributed by atoms with Gasteiger partial charge in [-0.25, -0.2) is 0 Å². The van der Waals surface area contributed by atoms with Gasteiger partial charge < -0.3 is 4.74 Å². The molecule has 2 unspecified atom stereocenters. The van der Waals surface area contributed by atoms with Gasteiger partial charge in [0.25, 0.3) is 0 Å². The van der Waals surface area contributed by atoms with Crippen LogP contribution in [-0.2, 0) is 9.53 Å². The van der Waals surface area contributed by atoms with Gasteiger partial charge >= 0.3 is 5.97 Å². The normalized spacial score (nSPS) is 45.6. The van der Waals surface area contributed by atoms with E-state index in [0.717, 1.165) is 0 Å². The van der Waals surface area contributed by atoms with Gasteiger partial charge in [-0.3, -0.25) is 4.79 Å². The fraction of sp³-hybridized carbons (Fsp3) is 0.875. The maximum absolute atomic E-state index is 11.2. The number of hydrogen-bond donors (Lipinski definition) is 0. The fourth-order valence-electron chi connectivity index (χ4n) is 1.38. The van der Waals surface area contributed by atoms with Gasteiger partial charge in [0, 0.05) is 0 Å². The second-order valence-electron chi connectivity index (χ2n) is 3.34. The third kappa shape index (κ3) is 1.21. The molecule has 1 fully saturated rings. The summed E-state index contributed by atoms with van der Waals surface area (Å²) in [7, 11) is 0. The van der Waals surface area contributed by atoms with Crippen LogP contribution in [0.3, 0.4) is 0 Å². The average molecular weight is 211 g/mol. The van der Waals surface area contributed by atoms with Crippen LogP contribution in [0.4, 0.5) is 0 Å². The molecule has 2 atom stereocenters. The van der Waals surface area contributed by atoms with Gasteiger partial charge in [-0.05, 0) is 20.8 Å². The number of hydrogen-bond acceptors (Lipinski definition) is 2.